The fourth-order valence-electron chi connectivity index (χ4n) is 7.55. The monoisotopic (exact) mass is 1010 g/mol. The van der Waals surface area contributed by atoms with Crippen LogP contribution in [0.1, 0.15) is 52.1 Å². The molecule has 20 nitrogen and oxygen atoms in total. The second-order valence-corrected chi connectivity index (χ2v) is 25.4. The molecule has 0 radical (unpaired) electrons. The summed E-state index contributed by atoms with van der Waals surface area (Å²) in [7, 11) is -10.7. The van der Waals surface area contributed by atoms with Crippen LogP contribution in [0.15, 0.2) is 87.0 Å². The zero-order valence-corrected chi connectivity index (χ0v) is 43.3. The minimum atomic E-state index is -5.41. The summed E-state index contributed by atoms with van der Waals surface area (Å²) in [6.45, 7) is 7.92. The Morgan fingerprint density at radius 3 is 2.22 bits per heavy atom. The van der Waals surface area contributed by atoms with Gasteiger partial charge < -0.3 is 44.3 Å². The van der Waals surface area contributed by atoms with E-state index in [9.17, 15) is 50.2 Å². The summed E-state index contributed by atoms with van der Waals surface area (Å²) in [6, 6.07) is 18.7. The number of carbonyl (C=O) groups excluding carboxylic acids is 3. The van der Waals surface area contributed by atoms with Crippen molar-refractivity contribution in [1.29, 1.82) is 0 Å². The second kappa shape index (κ2) is 22.4. The Balaban J connectivity index is 0.00000888. The molecule has 2 aliphatic rings. The average molecular weight is 1020 g/mol. The first kappa shape index (κ1) is 54.3. The van der Waals surface area contributed by atoms with Gasteiger partial charge in [-0.1, -0.05) is 43.9 Å². The number of ether oxygens (including phenoxy) is 1. The number of para-hydroxylation sites is 1. The Morgan fingerprint density at radius 1 is 0.884 bits per heavy atom. The minimum absolute atomic E-state index is 0. The number of rotatable bonds is 20. The number of carboxylic acid groups (broad SMARTS) is 1. The maximum Gasteiger partial charge on any atom is 1.00 e. The molecule has 0 bridgehead atoms. The van der Waals surface area contributed by atoms with Crippen LogP contribution in [-0.4, -0.2) is 99.4 Å². The molecule has 1 aliphatic carbocycles. The average Bonchev–Trinajstić information content (AvgIpc) is 3.61. The number of nitrogens with one attached hydrogen (secondary N) is 2. The van der Waals surface area contributed by atoms with Gasteiger partial charge in [-0.15, -0.1) is 0 Å². The SMILES string of the molecule is CN(OCc1cc2ccccc2n1CCC(=O)NCCCCCNC(=O)c1ccc(-c2c3ccc(=[NH2+])c(S(=O)(=O)[O-])c-3oc3c(S(=O)(=O)[O-])c(N)ccc23)c(C(=O)O)c1)C(=O)OCC[Si](C)(C)C.[Na+]. The van der Waals surface area contributed by atoms with Crippen LogP contribution in [0.2, 0.25) is 25.7 Å². The molecule has 0 unspecified atom stereocenters. The summed E-state index contributed by atoms with van der Waals surface area (Å²) in [5.74, 6) is -3.09. The van der Waals surface area contributed by atoms with Gasteiger partial charge in [-0.3, -0.25) is 19.8 Å². The smallest absolute Gasteiger partial charge is 0.744 e. The summed E-state index contributed by atoms with van der Waals surface area (Å²) in [6.07, 6.45) is 1.32. The number of hydroxylamine groups is 2. The molecule has 1 aromatic heterocycles. The van der Waals surface area contributed by atoms with E-state index >= 15 is 0 Å². The van der Waals surface area contributed by atoms with E-state index in [-0.39, 0.29) is 82.7 Å². The minimum Gasteiger partial charge on any atom is -0.744 e. The van der Waals surface area contributed by atoms with Crippen molar-refractivity contribution in [3.8, 4) is 22.5 Å². The van der Waals surface area contributed by atoms with Crippen molar-refractivity contribution < 1.29 is 99.2 Å². The number of amides is 3. The summed E-state index contributed by atoms with van der Waals surface area (Å²) in [4.78, 5) is 54.9. The molecule has 0 saturated heterocycles. The van der Waals surface area contributed by atoms with Gasteiger partial charge in [0.05, 0.1) is 17.9 Å². The normalized spacial score (nSPS) is 11.9. The number of nitrogens with two attached hydrogens (primary N) is 2. The zero-order valence-electron chi connectivity index (χ0n) is 38.6. The fourth-order valence-corrected chi connectivity index (χ4v) is 9.73. The number of carboxylic acids is 1. The van der Waals surface area contributed by atoms with Crippen molar-refractivity contribution in [2.45, 2.75) is 74.3 Å². The van der Waals surface area contributed by atoms with E-state index in [1.165, 1.54) is 31.3 Å². The maximum absolute atomic E-state index is 13.3. The fraction of sp³-hybridized carbons (Fsp3) is 0.311. The van der Waals surface area contributed by atoms with Crippen LogP contribution in [-0.2, 0) is 47.8 Å². The molecule has 0 atom stereocenters. The Labute approximate surface area is 420 Å². The molecule has 7 N–H and O–H groups in total. The number of anilines is 1. The molecule has 4 aromatic rings. The summed E-state index contributed by atoms with van der Waals surface area (Å²) >= 11 is 0. The molecule has 2 heterocycles. The molecule has 0 fully saturated rings. The number of unbranched alkanes of at least 4 members (excludes halogenated alkanes) is 2. The number of aromatic nitrogens is 1. The number of carbonyl (C=O) groups is 4. The van der Waals surface area contributed by atoms with E-state index in [4.69, 9.17) is 25.1 Å². The van der Waals surface area contributed by atoms with E-state index < -0.39 is 84.0 Å². The standard InChI is InChI=1S/C45H52N6O14S2Si.Na/c1-50(45(56)63-22-23-68(2,3)4)64-26-29-24-27-10-6-7-11-36(27)51(29)21-18-37(52)48-19-8-5-9-20-49-43(53)28-12-13-30(33(25-28)44(54)55)38-31-14-16-34(46)41(66(57,58)59)39(31)65-40-32(38)15-17-35(47)42(40)67(60,61)62;/h6-7,10-17,24-25,46H,5,8-9,18-23,26,47H2,1-4H3,(H,48,52)(H,49,53)(H,54,55)(H,57,58,59)(H,60,61,62);/q;+1/p-1. The van der Waals surface area contributed by atoms with Gasteiger partial charge in [-0.2, -0.15) is 5.06 Å². The van der Waals surface area contributed by atoms with Crippen LogP contribution < -0.4 is 56.7 Å². The van der Waals surface area contributed by atoms with Gasteiger partial charge in [0.15, 0.2) is 16.2 Å². The van der Waals surface area contributed by atoms with Crippen LogP contribution in [0.3, 0.4) is 0 Å². The van der Waals surface area contributed by atoms with Crippen LogP contribution in [0.5, 0.6) is 0 Å². The maximum atomic E-state index is 13.3. The van der Waals surface area contributed by atoms with Crippen LogP contribution in [0, 0.1) is 0 Å². The number of nitrogens with zero attached hydrogens (tertiary/aromatic N) is 2. The van der Waals surface area contributed by atoms with Gasteiger partial charge in [-0.05, 0) is 78.7 Å². The zero-order chi connectivity index (χ0) is 49.7. The van der Waals surface area contributed by atoms with Crippen molar-refractivity contribution in [2.75, 3.05) is 32.5 Å². The Kier molecular flexibility index (Phi) is 17.6. The van der Waals surface area contributed by atoms with Gasteiger partial charge in [0.1, 0.15) is 31.7 Å². The summed E-state index contributed by atoms with van der Waals surface area (Å²) in [5.41, 5.74) is 5.15. The van der Waals surface area contributed by atoms with Crippen molar-refractivity contribution in [1.82, 2.24) is 20.3 Å². The molecule has 69 heavy (non-hydrogen) atoms. The molecule has 0 spiro atoms. The number of benzene rings is 4. The van der Waals surface area contributed by atoms with Crippen LogP contribution in [0.25, 0.3) is 44.3 Å². The third-order valence-corrected chi connectivity index (χ3v) is 14.5. The number of nitrogen functional groups attached to an aromatic ring is 1. The van der Waals surface area contributed by atoms with E-state index in [2.05, 4.69) is 30.3 Å². The van der Waals surface area contributed by atoms with Gasteiger partial charge >= 0.3 is 41.6 Å². The quantitative estimate of drug-likeness (QED) is 0.0177. The Hall–Kier alpha value is -5.63. The van der Waals surface area contributed by atoms with E-state index in [0.29, 0.717) is 39.0 Å². The number of hydrogen-bond donors (Lipinski definition) is 5. The molecule has 1 aliphatic heterocycles. The molecule has 0 saturated carbocycles. The van der Waals surface area contributed by atoms with Crippen molar-refractivity contribution >= 4 is 79.7 Å². The molecular weight excluding hydrogens is 964 g/mol. The molecule has 3 aromatic carbocycles. The van der Waals surface area contributed by atoms with E-state index in [1.54, 1.807) is 0 Å². The van der Waals surface area contributed by atoms with E-state index in [0.717, 1.165) is 45.9 Å². The summed E-state index contributed by atoms with van der Waals surface area (Å²) < 4.78 is 87.4. The van der Waals surface area contributed by atoms with E-state index in [1.807, 2.05) is 34.9 Å². The molecule has 362 valence electrons. The molecule has 6 rings (SSSR count). The predicted octanol–water partition coefficient (Wildman–Crippen LogP) is 0.857. The largest absolute Gasteiger partial charge is 1.00 e. The van der Waals surface area contributed by atoms with Gasteiger partial charge in [0, 0.05) is 80.5 Å². The first-order valence-corrected chi connectivity index (χ1v) is 27.8. The second-order valence-electron chi connectivity index (χ2n) is 17.1. The van der Waals surface area contributed by atoms with Crippen molar-refractivity contribution in [3.05, 3.63) is 95.0 Å². The number of fused-ring (bicyclic) bond motifs is 3. The topological polar surface area (TPSA) is 318 Å². The van der Waals surface area contributed by atoms with Crippen molar-refractivity contribution in [2.24, 2.45) is 0 Å². The van der Waals surface area contributed by atoms with Gasteiger partial charge in [0.2, 0.25) is 11.3 Å². The number of hydrogen-bond acceptors (Lipinski definition) is 14. The first-order chi connectivity index (χ1) is 32.0. The Bertz CT molecular complexity index is 3190. The summed E-state index contributed by atoms with van der Waals surface area (Å²) in [5, 5.41) is 23.1. The van der Waals surface area contributed by atoms with Crippen LogP contribution in [0.4, 0.5) is 10.5 Å². The van der Waals surface area contributed by atoms with Crippen LogP contribution >= 0.6 is 0 Å². The first-order valence-electron chi connectivity index (χ1n) is 21.3. The van der Waals surface area contributed by atoms with Gasteiger partial charge in [-0.25, -0.2) is 26.4 Å². The van der Waals surface area contributed by atoms with Gasteiger partial charge in [0.25, 0.3) is 5.91 Å². The third kappa shape index (κ3) is 13.2. The Morgan fingerprint density at radius 2 is 1.55 bits per heavy atom. The number of aryl methyl sites for hydroxylation is 1. The predicted molar refractivity (Wildman–Crippen MR) is 248 cm³/mol. The molecule has 24 heteroatoms. The number of aromatic carboxylic acids is 1. The van der Waals surface area contributed by atoms with Crippen molar-refractivity contribution in [3.63, 3.8) is 0 Å². The molecule has 3 amide bonds. The third-order valence-electron chi connectivity index (χ3n) is 11.0. The molecular formula is C45H51N6NaO14S2Si.